The Bertz CT molecular complexity index is 757. The van der Waals surface area contributed by atoms with Gasteiger partial charge in [0.15, 0.2) is 0 Å². The number of carbonyl (C=O) groups excluding carboxylic acids is 1. The number of alkyl halides is 3. The second-order valence-corrected chi connectivity index (χ2v) is 7.15. The molecule has 6 heteroatoms. The highest BCUT2D eigenvalue weighted by Gasteiger charge is 2.30. The molecular weight excluding hydrogens is 379 g/mol. The van der Waals surface area contributed by atoms with Crippen molar-refractivity contribution in [3.8, 4) is 11.1 Å². The van der Waals surface area contributed by atoms with Gasteiger partial charge in [0.25, 0.3) is 0 Å². The van der Waals surface area contributed by atoms with Crippen LogP contribution in [-0.4, -0.2) is 17.6 Å². The standard InChI is InChI=1S/C23H28F3NO2/c1-2-3-4-5-6-7-8-9-14-29-22(28)20-15-19(16-27-17-20)18-10-12-21(13-11-18)23(24,25)26/h10-13,15-17H,2-9,14H2,1H3. The van der Waals surface area contributed by atoms with Crippen molar-refractivity contribution in [2.75, 3.05) is 6.61 Å². The van der Waals surface area contributed by atoms with Gasteiger partial charge in [0.2, 0.25) is 0 Å². The SMILES string of the molecule is CCCCCCCCCCOC(=O)c1cncc(-c2ccc(C(F)(F)F)cc2)c1. The largest absolute Gasteiger partial charge is 0.462 e. The zero-order valence-electron chi connectivity index (χ0n) is 16.8. The van der Waals surface area contributed by atoms with Crippen LogP contribution in [0.3, 0.4) is 0 Å². The van der Waals surface area contributed by atoms with Crippen LogP contribution in [-0.2, 0) is 10.9 Å². The van der Waals surface area contributed by atoms with Gasteiger partial charge in [-0.3, -0.25) is 4.98 Å². The highest BCUT2D eigenvalue weighted by Crippen LogP contribution is 2.31. The van der Waals surface area contributed by atoms with Crippen LogP contribution in [0.2, 0.25) is 0 Å². The fourth-order valence-electron chi connectivity index (χ4n) is 3.05. The number of hydrogen-bond donors (Lipinski definition) is 0. The molecule has 0 saturated carbocycles. The number of nitrogens with zero attached hydrogens (tertiary/aromatic N) is 1. The Balaban J connectivity index is 1.80. The van der Waals surface area contributed by atoms with Gasteiger partial charge in [-0.25, -0.2) is 4.79 Å². The summed E-state index contributed by atoms with van der Waals surface area (Å²) in [6.45, 7) is 2.56. The average molecular weight is 407 g/mol. The van der Waals surface area contributed by atoms with E-state index in [1.807, 2.05) is 0 Å². The smallest absolute Gasteiger partial charge is 0.416 e. The second kappa shape index (κ2) is 11.6. The van der Waals surface area contributed by atoms with E-state index in [1.54, 1.807) is 6.07 Å². The lowest BCUT2D eigenvalue weighted by atomic mass is 10.0. The summed E-state index contributed by atoms with van der Waals surface area (Å²) < 4.78 is 43.4. The van der Waals surface area contributed by atoms with Crippen molar-refractivity contribution in [1.29, 1.82) is 0 Å². The van der Waals surface area contributed by atoms with E-state index in [0.717, 1.165) is 31.4 Å². The summed E-state index contributed by atoms with van der Waals surface area (Å²) >= 11 is 0. The van der Waals surface area contributed by atoms with Crippen molar-refractivity contribution in [2.45, 2.75) is 64.5 Å². The first-order valence-electron chi connectivity index (χ1n) is 10.2. The van der Waals surface area contributed by atoms with Crippen LogP contribution in [0.4, 0.5) is 13.2 Å². The Morgan fingerprint density at radius 3 is 2.14 bits per heavy atom. The molecule has 0 bridgehead atoms. The normalized spacial score (nSPS) is 11.4. The van der Waals surface area contributed by atoms with Gasteiger partial charge in [0.1, 0.15) is 0 Å². The minimum absolute atomic E-state index is 0.293. The van der Waals surface area contributed by atoms with Crippen molar-refractivity contribution in [3.05, 3.63) is 53.9 Å². The van der Waals surface area contributed by atoms with Gasteiger partial charge < -0.3 is 4.74 Å². The first-order valence-corrected chi connectivity index (χ1v) is 10.2. The summed E-state index contributed by atoms with van der Waals surface area (Å²) in [6.07, 6.45) is 7.83. The molecule has 0 saturated heterocycles. The molecule has 1 aromatic carbocycles. The lowest BCUT2D eigenvalue weighted by Gasteiger charge is -2.09. The number of pyridine rings is 1. The number of carbonyl (C=O) groups is 1. The number of rotatable bonds is 11. The molecule has 158 valence electrons. The Labute approximate surface area is 170 Å². The zero-order chi connectivity index (χ0) is 21.1. The maximum absolute atomic E-state index is 12.7. The Morgan fingerprint density at radius 1 is 0.897 bits per heavy atom. The van der Waals surface area contributed by atoms with Crippen LogP contribution < -0.4 is 0 Å². The van der Waals surface area contributed by atoms with Gasteiger partial charge in [-0.15, -0.1) is 0 Å². The Hall–Kier alpha value is -2.37. The molecule has 1 heterocycles. The molecule has 1 aromatic heterocycles. The summed E-state index contributed by atoms with van der Waals surface area (Å²) in [7, 11) is 0. The summed E-state index contributed by atoms with van der Waals surface area (Å²) in [6, 6.07) is 6.36. The molecule has 0 unspecified atom stereocenters. The maximum Gasteiger partial charge on any atom is 0.416 e. The molecule has 2 rings (SSSR count). The number of ether oxygens (including phenoxy) is 1. The van der Waals surface area contributed by atoms with Crippen LogP contribution in [0, 0.1) is 0 Å². The van der Waals surface area contributed by atoms with Crippen molar-refractivity contribution in [1.82, 2.24) is 4.98 Å². The topological polar surface area (TPSA) is 39.2 Å². The fourth-order valence-corrected chi connectivity index (χ4v) is 3.05. The van der Waals surface area contributed by atoms with Crippen LogP contribution >= 0.6 is 0 Å². The number of benzene rings is 1. The van der Waals surface area contributed by atoms with Crippen LogP contribution in [0.25, 0.3) is 11.1 Å². The molecule has 2 aromatic rings. The summed E-state index contributed by atoms with van der Waals surface area (Å²) in [5.41, 5.74) is 0.709. The molecule has 0 fully saturated rings. The summed E-state index contributed by atoms with van der Waals surface area (Å²) in [5.74, 6) is -0.464. The van der Waals surface area contributed by atoms with E-state index < -0.39 is 17.7 Å². The van der Waals surface area contributed by atoms with E-state index >= 15 is 0 Å². The van der Waals surface area contributed by atoms with E-state index in [0.29, 0.717) is 23.3 Å². The quantitative estimate of drug-likeness (QED) is 0.295. The molecule has 0 N–H and O–H groups in total. The van der Waals surface area contributed by atoms with Crippen molar-refractivity contribution in [3.63, 3.8) is 0 Å². The Morgan fingerprint density at radius 2 is 1.52 bits per heavy atom. The van der Waals surface area contributed by atoms with Crippen molar-refractivity contribution in [2.24, 2.45) is 0 Å². The third-order valence-corrected chi connectivity index (χ3v) is 4.75. The third-order valence-electron chi connectivity index (χ3n) is 4.75. The van der Waals surface area contributed by atoms with Crippen LogP contribution in [0.5, 0.6) is 0 Å². The predicted octanol–water partition coefficient (Wildman–Crippen LogP) is 7.06. The van der Waals surface area contributed by atoms with E-state index in [4.69, 9.17) is 4.74 Å². The third kappa shape index (κ3) is 7.87. The van der Waals surface area contributed by atoms with Gasteiger partial charge in [-0.05, 0) is 30.2 Å². The van der Waals surface area contributed by atoms with E-state index in [-0.39, 0.29) is 0 Å². The number of aromatic nitrogens is 1. The van der Waals surface area contributed by atoms with E-state index in [1.165, 1.54) is 56.6 Å². The molecular formula is C23H28F3NO2. The maximum atomic E-state index is 12.7. The van der Waals surface area contributed by atoms with Gasteiger partial charge >= 0.3 is 12.1 Å². The molecule has 29 heavy (non-hydrogen) atoms. The van der Waals surface area contributed by atoms with Gasteiger partial charge in [-0.2, -0.15) is 13.2 Å². The highest BCUT2D eigenvalue weighted by atomic mass is 19.4. The molecule has 0 atom stereocenters. The second-order valence-electron chi connectivity index (χ2n) is 7.15. The van der Waals surface area contributed by atoms with E-state index in [9.17, 15) is 18.0 Å². The molecule has 0 radical (unpaired) electrons. The summed E-state index contributed by atoms with van der Waals surface area (Å²) in [5, 5.41) is 0. The van der Waals surface area contributed by atoms with Crippen LogP contribution in [0.1, 0.15) is 74.2 Å². The number of hydrogen-bond acceptors (Lipinski definition) is 3. The van der Waals surface area contributed by atoms with Crippen molar-refractivity contribution >= 4 is 5.97 Å². The molecule has 0 aliphatic rings. The number of unbranched alkanes of at least 4 members (excludes halogenated alkanes) is 7. The molecule has 0 amide bonds. The fraction of sp³-hybridized carbons (Fsp3) is 0.478. The minimum Gasteiger partial charge on any atom is -0.462 e. The van der Waals surface area contributed by atoms with Crippen molar-refractivity contribution < 1.29 is 22.7 Å². The molecule has 0 spiro atoms. The van der Waals surface area contributed by atoms with Gasteiger partial charge in [0.05, 0.1) is 17.7 Å². The molecule has 0 aliphatic carbocycles. The summed E-state index contributed by atoms with van der Waals surface area (Å²) in [4.78, 5) is 16.2. The Kier molecular flexibility index (Phi) is 9.16. The lowest BCUT2D eigenvalue weighted by molar-refractivity contribution is -0.137. The number of halogens is 3. The monoisotopic (exact) mass is 407 g/mol. The van der Waals surface area contributed by atoms with Gasteiger partial charge in [0, 0.05) is 18.0 Å². The van der Waals surface area contributed by atoms with Crippen LogP contribution in [0.15, 0.2) is 42.7 Å². The number of esters is 1. The van der Waals surface area contributed by atoms with E-state index in [2.05, 4.69) is 11.9 Å². The van der Waals surface area contributed by atoms with Gasteiger partial charge in [-0.1, -0.05) is 64.0 Å². The lowest BCUT2D eigenvalue weighted by Crippen LogP contribution is -2.07. The average Bonchev–Trinajstić information content (AvgIpc) is 2.72. The first-order chi connectivity index (χ1) is 13.9. The predicted molar refractivity (Wildman–Crippen MR) is 108 cm³/mol. The zero-order valence-corrected chi connectivity index (χ0v) is 16.8. The minimum atomic E-state index is -4.38. The first kappa shape index (κ1) is 22.9. The molecule has 0 aliphatic heterocycles. The molecule has 3 nitrogen and oxygen atoms in total. The highest BCUT2D eigenvalue weighted by molar-refractivity contribution is 5.90.